The van der Waals surface area contributed by atoms with Crippen LogP contribution in [0, 0.1) is 11.8 Å². The minimum absolute atomic E-state index is 0.278. The van der Waals surface area contributed by atoms with Crippen molar-refractivity contribution < 1.29 is 9.90 Å². The molecule has 1 saturated heterocycles. The second-order valence-electron chi connectivity index (χ2n) is 4.32. The lowest BCUT2D eigenvalue weighted by atomic mass is 9.71. The Morgan fingerprint density at radius 2 is 2.00 bits per heavy atom. The molecular formula is C10H17NO2. The summed E-state index contributed by atoms with van der Waals surface area (Å²) < 4.78 is 0. The molecule has 1 aliphatic carbocycles. The molecule has 2 rings (SSSR count). The van der Waals surface area contributed by atoms with Gasteiger partial charge in [-0.3, -0.25) is 4.79 Å². The summed E-state index contributed by atoms with van der Waals surface area (Å²) in [5.74, 6) is 0.837. The van der Waals surface area contributed by atoms with Crippen LogP contribution in [0.3, 0.4) is 0 Å². The molecule has 0 aromatic rings. The summed E-state index contributed by atoms with van der Waals surface area (Å²) in [5.41, 5.74) is 0. The van der Waals surface area contributed by atoms with Crippen LogP contribution in [0.4, 0.5) is 0 Å². The molecule has 74 valence electrons. The summed E-state index contributed by atoms with van der Waals surface area (Å²) in [6.45, 7) is 0.887. The van der Waals surface area contributed by atoms with Gasteiger partial charge in [-0.2, -0.15) is 0 Å². The number of nitrogens with one attached hydrogen (secondary N) is 1. The summed E-state index contributed by atoms with van der Waals surface area (Å²) in [6.07, 6.45) is 6.04. The average Bonchev–Trinajstić information content (AvgIpc) is 2.01. The molecule has 3 nitrogen and oxygen atoms in total. The Morgan fingerprint density at radius 3 is 2.54 bits per heavy atom. The molecule has 13 heavy (non-hydrogen) atoms. The van der Waals surface area contributed by atoms with E-state index in [-0.39, 0.29) is 6.04 Å². The van der Waals surface area contributed by atoms with E-state index >= 15 is 0 Å². The van der Waals surface area contributed by atoms with Crippen molar-refractivity contribution in [3.63, 3.8) is 0 Å². The van der Waals surface area contributed by atoms with Crippen LogP contribution in [0.5, 0.6) is 0 Å². The first-order valence-electron chi connectivity index (χ1n) is 5.23. The third-order valence-electron chi connectivity index (χ3n) is 3.56. The normalized spacial score (nSPS) is 35.4. The van der Waals surface area contributed by atoms with E-state index in [0.29, 0.717) is 5.92 Å². The molecule has 2 aliphatic rings. The van der Waals surface area contributed by atoms with Crippen LogP contribution in [-0.2, 0) is 4.79 Å². The van der Waals surface area contributed by atoms with Crippen molar-refractivity contribution in [3.05, 3.63) is 0 Å². The second-order valence-corrected chi connectivity index (χ2v) is 4.32. The van der Waals surface area contributed by atoms with Crippen molar-refractivity contribution in [1.29, 1.82) is 0 Å². The lowest BCUT2D eigenvalue weighted by molar-refractivity contribution is -0.140. The zero-order valence-electron chi connectivity index (χ0n) is 7.83. The Balaban J connectivity index is 1.87. The summed E-state index contributed by atoms with van der Waals surface area (Å²) in [6, 6.07) is -0.278. The van der Waals surface area contributed by atoms with Crippen molar-refractivity contribution in [2.75, 3.05) is 6.54 Å². The first-order chi connectivity index (χ1) is 6.27. The third-order valence-corrected chi connectivity index (χ3v) is 3.56. The lowest BCUT2D eigenvalue weighted by Crippen LogP contribution is -2.45. The highest BCUT2D eigenvalue weighted by molar-refractivity contribution is 5.73. The Bertz CT molecular complexity index is 201. The SMILES string of the molecule is O=C(O)C1CC(C2CCC2)CCN1. The molecule has 0 aromatic carbocycles. The fourth-order valence-electron chi connectivity index (χ4n) is 2.47. The molecule has 2 N–H and O–H groups in total. The van der Waals surface area contributed by atoms with Gasteiger partial charge >= 0.3 is 5.97 Å². The smallest absolute Gasteiger partial charge is 0.320 e. The molecular weight excluding hydrogens is 166 g/mol. The number of carboxylic acid groups (broad SMARTS) is 1. The molecule has 1 heterocycles. The van der Waals surface area contributed by atoms with Gasteiger partial charge in [0.25, 0.3) is 0 Å². The standard InChI is InChI=1S/C10H17NO2/c12-10(13)9-6-8(4-5-11-9)7-2-1-3-7/h7-9,11H,1-6H2,(H,12,13). The monoisotopic (exact) mass is 183 g/mol. The molecule has 1 aliphatic heterocycles. The molecule has 2 unspecified atom stereocenters. The molecule has 0 radical (unpaired) electrons. The highest BCUT2D eigenvalue weighted by atomic mass is 16.4. The summed E-state index contributed by atoms with van der Waals surface area (Å²) in [5, 5.41) is 11.9. The topological polar surface area (TPSA) is 49.3 Å². The zero-order chi connectivity index (χ0) is 9.26. The molecule has 0 bridgehead atoms. The summed E-state index contributed by atoms with van der Waals surface area (Å²) in [4.78, 5) is 10.8. The minimum atomic E-state index is -0.677. The quantitative estimate of drug-likeness (QED) is 0.677. The van der Waals surface area contributed by atoms with Crippen molar-refractivity contribution in [2.45, 2.75) is 38.1 Å². The van der Waals surface area contributed by atoms with Crippen LogP contribution in [0.1, 0.15) is 32.1 Å². The van der Waals surface area contributed by atoms with Crippen molar-refractivity contribution in [2.24, 2.45) is 11.8 Å². The Hall–Kier alpha value is -0.570. The fourth-order valence-corrected chi connectivity index (χ4v) is 2.47. The summed E-state index contributed by atoms with van der Waals surface area (Å²) >= 11 is 0. The van der Waals surface area contributed by atoms with Gasteiger partial charge < -0.3 is 10.4 Å². The number of carbonyl (C=O) groups is 1. The number of carboxylic acids is 1. The molecule has 0 amide bonds. The predicted molar refractivity (Wildman–Crippen MR) is 49.5 cm³/mol. The van der Waals surface area contributed by atoms with Crippen LogP contribution >= 0.6 is 0 Å². The van der Waals surface area contributed by atoms with E-state index in [1.54, 1.807) is 0 Å². The van der Waals surface area contributed by atoms with Gasteiger partial charge in [-0.1, -0.05) is 19.3 Å². The van der Waals surface area contributed by atoms with Crippen LogP contribution in [0.15, 0.2) is 0 Å². The van der Waals surface area contributed by atoms with E-state index in [2.05, 4.69) is 5.32 Å². The maximum Gasteiger partial charge on any atom is 0.320 e. The van der Waals surface area contributed by atoms with E-state index in [4.69, 9.17) is 5.11 Å². The maximum atomic E-state index is 10.8. The number of rotatable bonds is 2. The highest BCUT2D eigenvalue weighted by Gasteiger charge is 2.33. The van der Waals surface area contributed by atoms with Crippen LogP contribution in [-0.4, -0.2) is 23.7 Å². The van der Waals surface area contributed by atoms with Gasteiger partial charge in [0.2, 0.25) is 0 Å². The molecule has 0 aromatic heterocycles. The van der Waals surface area contributed by atoms with Gasteiger partial charge in [0.1, 0.15) is 6.04 Å². The maximum absolute atomic E-state index is 10.8. The second kappa shape index (κ2) is 3.66. The van der Waals surface area contributed by atoms with Gasteiger partial charge in [-0.25, -0.2) is 0 Å². The van der Waals surface area contributed by atoms with E-state index in [1.807, 2.05) is 0 Å². The van der Waals surface area contributed by atoms with Crippen LogP contribution in [0.2, 0.25) is 0 Å². The van der Waals surface area contributed by atoms with Gasteiger partial charge in [0.15, 0.2) is 0 Å². The number of hydrogen-bond acceptors (Lipinski definition) is 2. The Labute approximate surface area is 78.5 Å². The number of piperidine rings is 1. The van der Waals surface area contributed by atoms with Gasteiger partial charge in [-0.15, -0.1) is 0 Å². The fraction of sp³-hybridized carbons (Fsp3) is 0.900. The van der Waals surface area contributed by atoms with Crippen molar-refractivity contribution in [3.8, 4) is 0 Å². The Kier molecular flexibility index (Phi) is 2.54. The lowest BCUT2D eigenvalue weighted by Gasteiger charge is -2.38. The van der Waals surface area contributed by atoms with E-state index in [1.165, 1.54) is 25.7 Å². The first kappa shape index (κ1) is 9.00. The first-order valence-corrected chi connectivity index (χ1v) is 5.23. The highest BCUT2D eigenvalue weighted by Crippen LogP contribution is 2.38. The van der Waals surface area contributed by atoms with Gasteiger partial charge in [0.05, 0.1) is 0 Å². The summed E-state index contributed by atoms with van der Waals surface area (Å²) in [7, 11) is 0. The molecule has 0 spiro atoms. The average molecular weight is 183 g/mol. The molecule has 2 atom stereocenters. The molecule has 3 heteroatoms. The van der Waals surface area contributed by atoms with Gasteiger partial charge in [-0.05, 0) is 31.2 Å². The molecule has 2 fully saturated rings. The third kappa shape index (κ3) is 1.85. The Morgan fingerprint density at radius 1 is 1.23 bits per heavy atom. The largest absolute Gasteiger partial charge is 0.480 e. The van der Waals surface area contributed by atoms with Gasteiger partial charge in [0, 0.05) is 0 Å². The van der Waals surface area contributed by atoms with E-state index < -0.39 is 5.97 Å². The minimum Gasteiger partial charge on any atom is -0.480 e. The van der Waals surface area contributed by atoms with Crippen LogP contribution < -0.4 is 5.32 Å². The number of hydrogen-bond donors (Lipinski definition) is 2. The van der Waals surface area contributed by atoms with E-state index in [0.717, 1.165) is 18.9 Å². The van der Waals surface area contributed by atoms with Crippen LogP contribution in [0.25, 0.3) is 0 Å². The van der Waals surface area contributed by atoms with E-state index in [9.17, 15) is 4.79 Å². The predicted octanol–water partition coefficient (Wildman–Crippen LogP) is 1.24. The molecule has 1 saturated carbocycles. The number of aliphatic carboxylic acids is 1. The van der Waals surface area contributed by atoms with Crippen molar-refractivity contribution >= 4 is 5.97 Å². The zero-order valence-corrected chi connectivity index (χ0v) is 7.83. The van der Waals surface area contributed by atoms with Crippen molar-refractivity contribution in [1.82, 2.24) is 5.32 Å².